The number of thiophene rings is 1. The first-order valence-corrected chi connectivity index (χ1v) is 5.03. The lowest BCUT2D eigenvalue weighted by atomic mass is 10.4. The highest BCUT2D eigenvalue weighted by molar-refractivity contribution is 9.10. The Bertz CT molecular complexity index is 220. The van der Waals surface area contributed by atoms with Crippen molar-refractivity contribution in [2.24, 2.45) is 0 Å². The van der Waals surface area contributed by atoms with Gasteiger partial charge in [0.05, 0.1) is 6.17 Å². The van der Waals surface area contributed by atoms with E-state index < -0.39 is 0 Å². The molecule has 1 aromatic rings. The lowest BCUT2D eigenvalue weighted by molar-refractivity contribution is 0.528. The van der Waals surface area contributed by atoms with Gasteiger partial charge < -0.3 is 10.6 Å². The van der Waals surface area contributed by atoms with Crippen molar-refractivity contribution in [3.8, 4) is 0 Å². The second-order valence-corrected chi connectivity index (χ2v) is 4.04. The molecule has 0 bridgehead atoms. The second kappa shape index (κ2) is 4.21. The van der Waals surface area contributed by atoms with Crippen LogP contribution in [0.2, 0.25) is 0 Å². The molecule has 0 unspecified atom stereocenters. The predicted octanol–water partition coefficient (Wildman–Crippen LogP) is 1.95. The maximum absolute atomic E-state index is 3.41. The van der Waals surface area contributed by atoms with Gasteiger partial charge in [0.25, 0.3) is 0 Å². The van der Waals surface area contributed by atoms with Crippen LogP contribution in [-0.2, 0) is 0 Å². The summed E-state index contributed by atoms with van der Waals surface area (Å²) >= 11 is 5.15. The van der Waals surface area contributed by atoms with Crippen molar-refractivity contribution in [1.29, 1.82) is 0 Å². The van der Waals surface area contributed by atoms with Crippen LogP contribution in [0.5, 0.6) is 0 Å². The summed E-state index contributed by atoms with van der Waals surface area (Å²) in [5.41, 5.74) is 0. The van der Waals surface area contributed by atoms with Crippen LogP contribution >= 0.6 is 27.3 Å². The largest absolute Gasteiger partial charge is 0.301 e. The summed E-state index contributed by atoms with van der Waals surface area (Å²) in [6.45, 7) is 0. The van der Waals surface area contributed by atoms with Crippen molar-refractivity contribution in [2.75, 3.05) is 14.1 Å². The maximum atomic E-state index is 3.41. The van der Waals surface area contributed by atoms with E-state index in [2.05, 4.69) is 38.0 Å². The molecule has 0 fully saturated rings. The Labute approximate surface area is 79.1 Å². The highest BCUT2D eigenvalue weighted by Crippen LogP contribution is 2.23. The third kappa shape index (κ3) is 2.27. The molecule has 2 nitrogen and oxygen atoms in total. The molecule has 0 aliphatic heterocycles. The van der Waals surface area contributed by atoms with Crippen molar-refractivity contribution in [3.63, 3.8) is 0 Å². The summed E-state index contributed by atoms with van der Waals surface area (Å²) in [5, 5.41) is 8.40. The van der Waals surface area contributed by atoms with Crippen molar-refractivity contribution in [1.82, 2.24) is 10.6 Å². The van der Waals surface area contributed by atoms with E-state index >= 15 is 0 Å². The predicted molar refractivity (Wildman–Crippen MR) is 52.9 cm³/mol. The molecule has 2 N–H and O–H groups in total. The van der Waals surface area contributed by atoms with Crippen LogP contribution in [0.15, 0.2) is 15.9 Å². The van der Waals surface area contributed by atoms with E-state index in [4.69, 9.17) is 0 Å². The topological polar surface area (TPSA) is 24.1 Å². The van der Waals surface area contributed by atoms with Gasteiger partial charge >= 0.3 is 0 Å². The molecule has 0 atom stereocenters. The Balaban J connectivity index is 2.73. The first-order chi connectivity index (χ1) is 5.27. The monoisotopic (exact) mass is 234 g/mol. The Morgan fingerprint density at radius 3 is 2.45 bits per heavy atom. The lowest BCUT2D eigenvalue weighted by Crippen LogP contribution is -2.27. The zero-order chi connectivity index (χ0) is 8.27. The second-order valence-electron chi connectivity index (χ2n) is 2.18. The summed E-state index contributed by atoms with van der Waals surface area (Å²) in [4.78, 5) is 1.29. The molecule has 0 radical (unpaired) electrons. The van der Waals surface area contributed by atoms with Crippen LogP contribution < -0.4 is 10.6 Å². The molecule has 0 amide bonds. The molecule has 1 aromatic heterocycles. The van der Waals surface area contributed by atoms with Gasteiger partial charge in [0, 0.05) is 14.7 Å². The van der Waals surface area contributed by atoms with E-state index in [9.17, 15) is 0 Å². The molecule has 0 saturated carbocycles. The quantitative estimate of drug-likeness (QED) is 0.782. The molecular weight excluding hydrogens is 224 g/mol. The molecular formula is C7H11BrN2S. The van der Waals surface area contributed by atoms with E-state index in [1.54, 1.807) is 11.3 Å². The Hall–Kier alpha value is 0.1000. The fraction of sp³-hybridized carbons (Fsp3) is 0.429. The van der Waals surface area contributed by atoms with Crippen LogP contribution in [0.1, 0.15) is 11.0 Å². The van der Waals surface area contributed by atoms with Gasteiger partial charge in [-0.25, -0.2) is 0 Å². The number of rotatable bonds is 3. The SMILES string of the molecule is CNC(NC)c1cc(Br)cs1. The smallest absolute Gasteiger partial charge is 0.0925 e. The van der Waals surface area contributed by atoms with Crippen LogP contribution in [0.25, 0.3) is 0 Å². The average molecular weight is 235 g/mol. The van der Waals surface area contributed by atoms with Gasteiger partial charge in [-0.3, -0.25) is 0 Å². The third-order valence-electron chi connectivity index (χ3n) is 1.45. The fourth-order valence-corrected chi connectivity index (χ4v) is 2.47. The van der Waals surface area contributed by atoms with Crippen molar-refractivity contribution in [2.45, 2.75) is 6.17 Å². The highest BCUT2D eigenvalue weighted by Gasteiger charge is 2.07. The molecule has 11 heavy (non-hydrogen) atoms. The lowest BCUT2D eigenvalue weighted by Gasteiger charge is -2.11. The van der Waals surface area contributed by atoms with E-state index in [1.165, 1.54) is 4.88 Å². The van der Waals surface area contributed by atoms with Crippen LogP contribution in [0, 0.1) is 0 Å². The zero-order valence-corrected chi connectivity index (χ0v) is 8.92. The molecule has 1 rings (SSSR count). The molecule has 1 heterocycles. The van der Waals surface area contributed by atoms with Gasteiger partial charge in [-0.15, -0.1) is 11.3 Å². The van der Waals surface area contributed by atoms with E-state index in [0.717, 1.165) is 4.47 Å². The van der Waals surface area contributed by atoms with E-state index in [-0.39, 0.29) is 6.17 Å². The zero-order valence-electron chi connectivity index (χ0n) is 6.52. The van der Waals surface area contributed by atoms with Gasteiger partial charge in [0.1, 0.15) is 0 Å². The van der Waals surface area contributed by atoms with E-state index in [1.807, 2.05) is 14.1 Å². The third-order valence-corrected chi connectivity index (χ3v) is 3.21. The standard InChI is InChI=1S/C7H11BrN2S/c1-9-7(10-2)6-3-5(8)4-11-6/h3-4,7,9-10H,1-2H3. The molecule has 0 aliphatic carbocycles. The molecule has 0 aliphatic rings. The van der Waals surface area contributed by atoms with Gasteiger partial charge in [-0.05, 0) is 36.1 Å². The van der Waals surface area contributed by atoms with E-state index in [0.29, 0.717) is 0 Å². The summed E-state index contributed by atoms with van der Waals surface area (Å²) in [7, 11) is 3.88. The molecule has 0 aromatic carbocycles. The molecule has 4 heteroatoms. The Morgan fingerprint density at radius 1 is 1.45 bits per heavy atom. The van der Waals surface area contributed by atoms with Crippen LogP contribution in [-0.4, -0.2) is 14.1 Å². The van der Waals surface area contributed by atoms with Crippen molar-refractivity contribution < 1.29 is 0 Å². The summed E-state index contributed by atoms with van der Waals surface area (Å²) < 4.78 is 1.15. The number of halogens is 1. The first kappa shape index (κ1) is 9.19. The minimum atomic E-state index is 0.270. The van der Waals surface area contributed by atoms with Gasteiger partial charge in [0.2, 0.25) is 0 Å². The van der Waals surface area contributed by atoms with Gasteiger partial charge in [-0.1, -0.05) is 0 Å². The minimum absolute atomic E-state index is 0.270. The highest BCUT2D eigenvalue weighted by atomic mass is 79.9. The van der Waals surface area contributed by atoms with Gasteiger partial charge in [0.15, 0.2) is 0 Å². The average Bonchev–Trinajstić information content (AvgIpc) is 2.39. The Kier molecular flexibility index (Phi) is 3.51. The molecule has 62 valence electrons. The maximum Gasteiger partial charge on any atom is 0.0925 e. The number of nitrogens with one attached hydrogen (secondary N) is 2. The van der Waals surface area contributed by atoms with Crippen molar-refractivity contribution in [3.05, 3.63) is 20.8 Å². The Morgan fingerprint density at radius 2 is 2.09 bits per heavy atom. The van der Waals surface area contributed by atoms with Gasteiger partial charge in [-0.2, -0.15) is 0 Å². The summed E-state index contributed by atoms with van der Waals surface area (Å²) in [6.07, 6.45) is 0.270. The minimum Gasteiger partial charge on any atom is -0.301 e. The van der Waals surface area contributed by atoms with Crippen molar-refractivity contribution >= 4 is 27.3 Å². The number of hydrogen-bond donors (Lipinski definition) is 2. The summed E-state index contributed by atoms with van der Waals surface area (Å²) in [6, 6.07) is 2.11. The summed E-state index contributed by atoms with van der Waals surface area (Å²) in [5.74, 6) is 0. The van der Waals surface area contributed by atoms with Crippen LogP contribution in [0.4, 0.5) is 0 Å². The molecule has 0 saturated heterocycles. The normalized spacial score (nSPS) is 10.9. The fourth-order valence-electron chi connectivity index (χ4n) is 0.909. The van der Waals surface area contributed by atoms with Crippen LogP contribution in [0.3, 0.4) is 0 Å². The molecule has 0 spiro atoms. The first-order valence-electron chi connectivity index (χ1n) is 3.36. The number of hydrogen-bond acceptors (Lipinski definition) is 3.